The summed E-state index contributed by atoms with van der Waals surface area (Å²) in [5.74, 6) is 0.933. The first-order chi connectivity index (χ1) is 13.8. The highest BCUT2D eigenvalue weighted by atomic mass is 35.5. The molecule has 0 fully saturated rings. The van der Waals surface area contributed by atoms with E-state index in [1.807, 2.05) is 24.4 Å². The van der Waals surface area contributed by atoms with Gasteiger partial charge in [0.25, 0.3) is 0 Å². The summed E-state index contributed by atoms with van der Waals surface area (Å²) in [6.07, 6.45) is 7.25. The molecule has 6 heteroatoms. The van der Waals surface area contributed by atoms with Gasteiger partial charge < -0.3 is 4.74 Å². The van der Waals surface area contributed by atoms with Gasteiger partial charge >= 0.3 is 0 Å². The number of nitrogens with one attached hydrogen (secondary N) is 1. The number of ether oxygens (including phenoxy) is 1. The Morgan fingerprint density at radius 2 is 2.07 bits per heavy atom. The zero-order valence-electron chi connectivity index (χ0n) is 15.2. The van der Waals surface area contributed by atoms with Gasteiger partial charge in [-0.3, -0.25) is 10.1 Å². The number of halogens is 1. The second kappa shape index (κ2) is 6.33. The third kappa shape index (κ3) is 2.50. The minimum absolute atomic E-state index is 0.0500. The summed E-state index contributed by atoms with van der Waals surface area (Å²) < 4.78 is 7.69. The number of nitrogens with zero attached hydrogens (tertiary/aromatic N) is 2. The average molecular weight is 408 g/mol. The lowest BCUT2D eigenvalue weighted by molar-refractivity contribution is 0.232. The molecule has 3 aromatic heterocycles. The molecule has 6 rings (SSSR count). The number of benzene rings is 1. The Morgan fingerprint density at radius 1 is 1.14 bits per heavy atom. The quantitative estimate of drug-likeness (QED) is 0.450. The molecular weight excluding hydrogens is 390 g/mol. The number of aryl methyl sites for hydroxylation is 1. The van der Waals surface area contributed by atoms with E-state index < -0.39 is 0 Å². The van der Waals surface area contributed by atoms with Gasteiger partial charge in [-0.1, -0.05) is 11.6 Å². The van der Waals surface area contributed by atoms with Crippen LogP contribution < -0.4 is 4.74 Å². The molecule has 4 heterocycles. The van der Waals surface area contributed by atoms with Gasteiger partial charge in [-0.05, 0) is 55.3 Å². The summed E-state index contributed by atoms with van der Waals surface area (Å²) in [4.78, 5) is 4.47. The maximum Gasteiger partial charge on any atom is 0.147 e. The zero-order valence-corrected chi connectivity index (χ0v) is 16.7. The molecule has 2 aliphatic rings. The SMILES string of the molecule is Clc1cc2c(c(-c3ccnc4ccsc34)c1)O[C@@H](c1n[nH]c3c1CCCC3)C2. The molecule has 1 aromatic carbocycles. The minimum Gasteiger partial charge on any atom is -0.483 e. The summed E-state index contributed by atoms with van der Waals surface area (Å²) in [5, 5.41) is 10.7. The van der Waals surface area contributed by atoms with E-state index in [9.17, 15) is 0 Å². The minimum atomic E-state index is -0.0500. The average Bonchev–Trinajstić information content (AvgIpc) is 3.43. The molecule has 0 saturated heterocycles. The van der Waals surface area contributed by atoms with E-state index in [0.717, 1.165) is 62.6 Å². The summed E-state index contributed by atoms with van der Waals surface area (Å²) in [6, 6.07) is 8.15. The number of H-pyrrole nitrogens is 1. The van der Waals surface area contributed by atoms with Crippen LogP contribution in [-0.2, 0) is 19.3 Å². The van der Waals surface area contributed by atoms with Crippen molar-refractivity contribution in [2.24, 2.45) is 0 Å². The van der Waals surface area contributed by atoms with Crippen LogP contribution in [0.5, 0.6) is 5.75 Å². The van der Waals surface area contributed by atoms with Crippen molar-refractivity contribution in [3.05, 3.63) is 63.4 Å². The summed E-state index contributed by atoms with van der Waals surface area (Å²) in [7, 11) is 0. The molecule has 0 amide bonds. The first kappa shape index (κ1) is 16.6. The number of hydrogen-bond donors (Lipinski definition) is 1. The largest absolute Gasteiger partial charge is 0.483 e. The number of hydrogen-bond acceptors (Lipinski definition) is 4. The fourth-order valence-electron chi connectivity index (χ4n) is 4.54. The molecular formula is C22H18ClN3OS. The molecule has 1 aliphatic carbocycles. The Kier molecular flexibility index (Phi) is 3.74. The highest BCUT2D eigenvalue weighted by molar-refractivity contribution is 7.17. The Morgan fingerprint density at radius 3 is 3.04 bits per heavy atom. The normalized spacial score (nSPS) is 18.1. The second-order valence-corrected chi connectivity index (χ2v) is 8.87. The first-order valence-corrected chi connectivity index (χ1v) is 10.9. The Hall–Kier alpha value is -2.37. The number of rotatable bonds is 2. The second-order valence-electron chi connectivity index (χ2n) is 7.52. The van der Waals surface area contributed by atoms with Crippen LogP contribution in [-0.4, -0.2) is 15.2 Å². The van der Waals surface area contributed by atoms with Crippen molar-refractivity contribution < 1.29 is 4.74 Å². The van der Waals surface area contributed by atoms with Gasteiger partial charge in [-0.15, -0.1) is 11.3 Å². The fourth-order valence-corrected chi connectivity index (χ4v) is 5.66. The van der Waals surface area contributed by atoms with Gasteiger partial charge in [0.15, 0.2) is 0 Å². The van der Waals surface area contributed by atoms with E-state index in [1.54, 1.807) is 11.3 Å². The molecule has 1 N–H and O–H groups in total. The molecule has 4 nitrogen and oxygen atoms in total. The van der Waals surface area contributed by atoms with Crippen molar-refractivity contribution in [2.45, 2.75) is 38.2 Å². The lowest BCUT2D eigenvalue weighted by Gasteiger charge is -2.15. The van der Waals surface area contributed by atoms with Crippen molar-refractivity contribution >= 4 is 33.2 Å². The maximum absolute atomic E-state index is 6.53. The highest BCUT2D eigenvalue weighted by Gasteiger charge is 2.32. The van der Waals surface area contributed by atoms with Gasteiger partial charge in [-0.25, -0.2) is 0 Å². The summed E-state index contributed by atoms with van der Waals surface area (Å²) >= 11 is 8.20. The molecule has 0 unspecified atom stereocenters. The van der Waals surface area contributed by atoms with Crippen LogP contribution in [0.25, 0.3) is 21.3 Å². The van der Waals surface area contributed by atoms with E-state index in [0.29, 0.717) is 0 Å². The van der Waals surface area contributed by atoms with Crippen LogP contribution in [0.1, 0.15) is 41.5 Å². The molecule has 140 valence electrons. The molecule has 1 atom stereocenters. The van der Waals surface area contributed by atoms with E-state index in [2.05, 4.69) is 26.6 Å². The van der Waals surface area contributed by atoms with Gasteiger partial charge in [0, 0.05) is 45.6 Å². The van der Waals surface area contributed by atoms with Gasteiger partial charge in [-0.2, -0.15) is 5.10 Å². The van der Waals surface area contributed by atoms with E-state index in [-0.39, 0.29) is 6.10 Å². The first-order valence-electron chi connectivity index (χ1n) is 9.65. The predicted octanol–water partition coefficient (Wildman–Crippen LogP) is 5.89. The van der Waals surface area contributed by atoms with E-state index in [1.165, 1.54) is 24.1 Å². The van der Waals surface area contributed by atoms with Crippen molar-refractivity contribution in [3.8, 4) is 16.9 Å². The number of aromatic nitrogens is 3. The summed E-state index contributed by atoms with van der Waals surface area (Å²) in [6.45, 7) is 0. The van der Waals surface area contributed by atoms with Crippen LogP contribution in [0.15, 0.2) is 35.8 Å². The molecule has 1 aliphatic heterocycles. The third-order valence-corrected chi connectivity index (χ3v) is 6.98. The molecule has 28 heavy (non-hydrogen) atoms. The van der Waals surface area contributed by atoms with E-state index in [4.69, 9.17) is 16.3 Å². The van der Waals surface area contributed by atoms with Crippen LogP contribution in [0.3, 0.4) is 0 Å². The van der Waals surface area contributed by atoms with Crippen LogP contribution in [0, 0.1) is 0 Å². The molecule has 0 saturated carbocycles. The van der Waals surface area contributed by atoms with Gasteiger partial charge in [0.2, 0.25) is 0 Å². The van der Waals surface area contributed by atoms with E-state index >= 15 is 0 Å². The highest BCUT2D eigenvalue weighted by Crippen LogP contribution is 2.47. The molecule has 0 radical (unpaired) electrons. The van der Waals surface area contributed by atoms with Crippen molar-refractivity contribution in [1.29, 1.82) is 0 Å². The Balaban J connectivity index is 1.46. The van der Waals surface area contributed by atoms with Crippen molar-refractivity contribution in [2.75, 3.05) is 0 Å². The number of thiophene rings is 1. The smallest absolute Gasteiger partial charge is 0.147 e. The lowest BCUT2D eigenvalue weighted by atomic mass is 9.93. The predicted molar refractivity (Wildman–Crippen MR) is 112 cm³/mol. The molecule has 0 spiro atoms. The standard InChI is InChI=1S/C22H18ClN3OS/c23-13-9-12-10-19(20-15-3-1-2-4-17(15)25-26-20)27-21(12)16(11-13)14-5-7-24-18-6-8-28-22(14)18/h5-9,11,19H,1-4,10H2,(H,25,26)/t19-/m1/s1. The van der Waals surface area contributed by atoms with Gasteiger partial charge in [0.1, 0.15) is 17.5 Å². The topological polar surface area (TPSA) is 50.8 Å². The fraction of sp³-hybridized carbons (Fsp3) is 0.273. The van der Waals surface area contributed by atoms with Crippen molar-refractivity contribution in [1.82, 2.24) is 15.2 Å². The molecule has 4 aromatic rings. The van der Waals surface area contributed by atoms with Crippen LogP contribution >= 0.6 is 22.9 Å². The third-order valence-electron chi connectivity index (χ3n) is 5.82. The van der Waals surface area contributed by atoms with Crippen LogP contribution in [0.2, 0.25) is 5.02 Å². The number of pyridine rings is 1. The Labute approximate surface area is 171 Å². The van der Waals surface area contributed by atoms with Crippen LogP contribution in [0.4, 0.5) is 0 Å². The Bertz CT molecular complexity index is 1210. The maximum atomic E-state index is 6.53. The zero-order chi connectivity index (χ0) is 18.7. The molecule has 0 bridgehead atoms. The number of aromatic amines is 1. The van der Waals surface area contributed by atoms with Gasteiger partial charge in [0.05, 0.1) is 10.2 Å². The summed E-state index contributed by atoms with van der Waals surface area (Å²) in [5.41, 5.74) is 8.06. The lowest BCUT2D eigenvalue weighted by Crippen LogP contribution is -2.09. The monoisotopic (exact) mass is 407 g/mol. The number of fused-ring (bicyclic) bond motifs is 3. The van der Waals surface area contributed by atoms with Crippen molar-refractivity contribution in [3.63, 3.8) is 0 Å².